The van der Waals surface area contributed by atoms with Crippen molar-refractivity contribution in [3.05, 3.63) is 35.9 Å². The Kier molecular flexibility index (Phi) is 3.11. The summed E-state index contributed by atoms with van der Waals surface area (Å²) in [5, 5.41) is 9.60. The highest BCUT2D eigenvalue weighted by atomic mass is 16.6. The highest BCUT2D eigenvalue weighted by Crippen LogP contribution is 2.29. The van der Waals surface area contributed by atoms with Gasteiger partial charge in [0, 0.05) is 0 Å². The molecule has 1 aromatic rings. The molecule has 0 amide bonds. The summed E-state index contributed by atoms with van der Waals surface area (Å²) in [6, 6.07) is 10.0. The maximum Gasteiger partial charge on any atom is 0.115 e. The molecule has 0 aliphatic carbocycles. The van der Waals surface area contributed by atoms with Crippen molar-refractivity contribution < 1.29 is 19.3 Å². The topological polar surface area (TPSA) is 47.9 Å². The van der Waals surface area contributed by atoms with Crippen LogP contribution in [0.5, 0.6) is 0 Å². The Labute approximate surface area is 100 Å². The Morgan fingerprint density at radius 2 is 1.88 bits per heavy atom. The van der Waals surface area contributed by atoms with E-state index in [0.717, 1.165) is 5.56 Å². The van der Waals surface area contributed by atoms with Crippen LogP contribution in [-0.4, -0.2) is 42.7 Å². The molecule has 1 N–H and O–H groups in total. The van der Waals surface area contributed by atoms with Crippen LogP contribution in [0, 0.1) is 0 Å². The van der Waals surface area contributed by atoms with Crippen LogP contribution in [0.15, 0.2) is 30.3 Å². The fourth-order valence-corrected chi connectivity index (χ4v) is 2.36. The number of hydrogen-bond donors (Lipinski definition) is 1. The first-order chi connectivity index (χ1) is 8.34. The van der Waals surface area contributed by atoms with E-state index in [2.05, 4.69) is 0 Å². The molecule has 2 fully saturated rings. The fraction of sp³-hybridized carbons (Fsp3) is 0.538. The molecule has 1 aromatic carbocycles. The van der Waals surface area contributed by atoms with Gasteiger partial charge in [0.15, 0.2) is 0 Å². The third-order valence-corrected chi connectivity index (χ3v) is 3.29. The first-order valence-corrected chi connectivity index (χ1v) is 5.91. The van der Waals surface area contributed by atoms with Gasteiger partial charge in [0.25, 0.3) is 0 Å². The van der Waals surface area contributed by atoms with Crippen LogP contribution in [0.3, 0.4) is 0 Å². The van der Waals surface area contributed by atoms with Crippen LogP contribution in [0.1, 0.15) is 5.56 Å². The van der Waals surface area contributed by atoms with E-state index in [4.69, 9.17) is 14.2 Å². The van der Waals surface area contributed by atoms with Crippen molar-refractivity contribution in [3.8, 4) is 0 Å². The first kappa shape index (κ1) is 11.2. The van der Waals surface area contributed by atoms with Gasteiger partial charge in [-0.3, -0.25) is 0 Å². The zero-order valence-corrected chi connectivity index (χ0v) is 9.49. The lowest BCUT2D eigenvalue weighted by Gasteiger charge is -2.16. The second kappa shape index (κ2) is 4.74. The fourth-order valence-electron chi connectivity index (χ4n) is 2.36. The molecule has 2 heterocycles. The second-order valence-corrected chi connectivity index (χ2v) is 4.50. The van der Waals surface area contributed by atoms with Gasteiger partial charge >= 0.3 is 0 Å². The quantitative estimate of drug-likeness (QED) is 0.840. The van der Waals surface area contributed by atoms with E-state index in [9.17, 15) is 5.11 Å². The van der Waals surface area contributed by atoms with E-state index in [-0.39, 0.29) is 18.3 Å². The number of aliphatic hydroxyl groups is 1. The Hall–Kier alpha value is -0.940. The number of hydrogen-bond acceptors (Lipinski definition) is 4. The summed E-state index contributed by atoms with van der Waals surface area (Å²) >= 11 is 0. The summed E-state index contributed by atoms with van der Waals surface area (Å²) in [4.78, 5) is 0. The van der Waals surface area contributed by atoms with Gasteiger partial charge in [0.2, 0.25) is 0 Å². The van der Waals surface area contributed by atoms with Crippen molar-refractivity contribution >= 4 is 0 Å². The highest BCUT2D eigenvalue weighted by molar-refractivity contribution is 5.13. The summed E-state index contributed by atoms with van der Waals surface area (Å²) in [6.45, 7) is 1.40. The largest absolute Gasteiger partial charge is 0.388 e. The van der Waals surface area contributed by atoms with E-state index in [1.165, 1.54) is 0 Å². The first-order valence-electron chi connectivity index (χ1n) is 5.91. The molecule has 0 saturated carbocycles. The minimum atomic E-state index is -0.509. The normalized spacial score (nSPS) is 36.1. The summed E-state index contributed by atoms with van der Waals surface area (Å²) in [5.74, 6) is 0. The van der Waals surface area contributed by atoms with Crippen molar-refractivity contribution in [2.24, 2.45) is 0 Å². The van der Waals surface area contributed by atoms with E-state index in [1.807, 2.05) is 30.3 Å². The minimum absolute atomic E-state index is 0.0719. The standard InChI is InChI=1S/C13H16O4/c14-10-7-16-13-11(8-17-12(10)13)15-6-9-4-2-1-3-5-9/h1-5,10-14H,6-8H2/t10?,11?,12?,13-/m1/s1. The molecule has 2 aliphatic rings. The van der Waals surface area contributed by atoms with Crippen molar-refractivity contribution in [1.82, 2.24) is 0 Å². The molecule has 3 unspecified atom stereocenters. The van der Waals surface area contributed by atoms with Crippen LogP contribution in [0.25, 0.3) is 0 Å². The summed E-state index contributed by atoms with van der Waals surface area (Å²) in [5.41, 5.74) is 1.13. The number of fused-ring (bicyclic) bond motifs is 1. The Bertz CT molecular complexity index is 367. The molecule has 4 nitrogen and oxygen atoms in total. The monoisotopic (exact) mass is 236 g/mol. The maximum atomic E-state index is 9.60. The lowest BCUT2D eigenvalue weighted by molar-refractivity contribution is -0.0439. The summed E-state index contributed by atoms with van der Waals surface area (Å²) in [7, 11) is 0. The lowest BCUT2D eigenvalue weighted by Crippen LogP contribution is -2.32. The van der Waals surface area contributed by atoms with E-state index in [0.29, 0.717) is 19.8 Å². The summed E-state index contributed by atoms with van der Waals surface area (Å²) < 4.78 is 16.8. The van der Waals surface area contributed by atoms with E-state index >= 15 is 0 Å². The van der Waals surface area contributed by atoms with Gasteiger partial charge in [-0.1, -0.05) is 30.3 Å². The molecule has 0 radical (unpaired) electrons. The molecule has 0 bridgehead atoms. The predicted octanol–water partition coefficient (Wildman–Crippen LogP) is 0.730. The van der Waals surface area contributed by atoms with E-state index in [1.54, 1.807) is 0 Å². The average Bonchev–Trinajstić information content (AvgIpc) is 2.92. The SMILES string of the molecule is OC1CO[C@@H]2C(OCc3ccccc3)COC12. The highest BCUT2D eigenvalue weighted by Gasteiger charge is 2.47. The zero-order chi connectivity index (χ0) is 11.7. The smallest absolute Gasteiger partial charge is 0.115 e. The maximum absolute atomic E-state index is 9.60. The molecule has 2 saturated heterocycles. The number of ether oxygens (including phenoxy) is 3. The van der Waals surface area contributed by atoms with Crippen LogP contribution in [0.4, 0.5) is 0 Å². The Balaban J connectivity index is 1.57. The third kappa shape index (κ3) is 2.21. The molecule has 4 heteroatoms. The molecule has 2 aliphatic heterocycles. The minimum Gasteiger partial charge on any atom is -0.388 e. The van der Waals surface area contributed by atoms with Crippen molar-refractivity contribution in [2.45, 2.75) is 31.0 Å². The van der Waals surface area contributed by atoms with Gasteiger partial charge in [0.05, 0.1) is 19.8 Å². The third-order valence-electron chi connectivity index (χ3n) is 3.29. The molecular weight excluding hydrogens is 220 g/mol. The summed E-state index contributed by atoms with van der Waals surface area (Å²) in [6.07, 6.45) is -0.910. The van der Waals surface area contributed by atoms with Crippen molar-refractivity contribution in [1.29, 1.82) is 0 Å². The predicted molar refractivity (Wildman–Crippen MR) is 60.5 cm³/mol. The van der Waals surface area contributed by atoms with E-state index < -0.39 is 6.10 Å². The average molecular weight is 236 g/mol. The van der Waals surface area contributed by atoms with Crippen LogP contribution < -0.4 is 0 Å². The number of aliphatic hydroxyl groups excluding tert-OH is 1. The number of benzene rings is 1. The molecule has 3 rings (SSSR count). The molecule has 92 valence electrons. The number of rotatable bonds is 3. The van der Waals surface area contributed by atoms with Crippen molar-refractivity contribution in [2.75, 3.05) is 13.2 Å². The van der Waals surface area contributed by atoms with Crippen molar-refractivity contribution in [3.63, 3.8) is 0 Å². The molecular formula is C13H16O4. The van der Waals surface area contributed by atoms with Gasteiger partial charge in [-0.2, -0.15) is 0 Å². The van der Waals surface area contributed by atoms with Crippen LogP contribution >= 0.6 is 0 Å². The van der Waals surface area contributed by atoms with Gasteiger partial charge in [-0.05, 0) is 5.56 Å². The zero-order valence-electron chi connectivity index (χ0n) is 9.49. The molecule has 17 heavy (non-hydrogen) atoms. The van der Waals surface area contributed by atoms with Crippen LogP contribution in [0.2, 0.25) is 0 Å². The molecule has 0 aromatic heterocycles. The Morgan fingerprint density at radius 1 is 1.12 bits per heavy atom. The molecule has 0 spiro atoms. The van der Waals surface area contributed by atoms with Gasteiger partial charge < -0.3 is 19.3 Å². The van der Waals surface area contributed by atoms with Gasteiger partial charge in [-0.25, -0.2) is 0 Å². The van der Waals surface area contributed by atoms with Crippen LogP contribution in [-0.2, 0) is 20.8 Å². The lowest BCUT2D eigenvalue weighted by atomic mass is 10.1. The molecule has 4 atom stereocenters. The van der Waals surface area contributed by atoms with Gasteiger partial charge in [0.1, 0.15) is 24.4 Å². The van der Waals surface area contributed by atoms with Gasteiger partial charge in [-0.15, -0.1) is 0 Å². The Morgan fingerprint density at radius 3 is 2.71 bits per heavy atom. The second-order valence-electron chi connectivity index (χ2n) is 4.50.